The molecule has 1 unspecified atom stereocenters. The van der Waals surface area contributed by atoms with Crippen molar-refractivity contribution in [3.63, 3.8) is 0 Å². The predicted octanol–water partition coefficient (Wildman–Crippen LogP) is 5.03. The van der Waals surface area contributed by atoms with Crippen LogP contribution in [0.25, 0.3) is 22.0 Å². The largest absolute Gasteiger partial charge is 0.508 e. The van der Waals surface area contributed by atoms with Crippen LogP contribution in [0.15, 0.2) is 36.5 Å². The summed E-state index contributed by atoms with van der Waals surface area (Å²) in [6.07, 6.45) is 5.33. The lowest BCUT2D eigenvalue weighted by Gasteiger charge is -2.34. The first-order valence-corrected chi connectivity index (χ1v) is 11.6. The van der Waals surface area contributed by atoms with Gasteiger partial charge in [0.05, 0.1) is 22.1 Å². The molecule has 0 bridgehead atoms. The van der Waals surface area contributed by atoms with Crippen molar-refractivity contribution in [3.8, 4) is 22.6 Å². The summed E-state index contributed by atoms with van der Waals surface area (Å²) in [6, 6.07) is 8.90. The molecule has 2 aromatic carbocycles. The van der Waals surface area contributed by atoms with Crippen molar-refractivity contribution >= 4 is 28.6 Å². The van der Waals surface area contributed by atoms with Crippen molar-refractivity contribution in [1.29, 1.82) is 0 Å². The van der Waals surface area contributed by atoms with Crippen LogP contribution in [0.5, 0.6) is 11.5 Å². The van der Waals surface area contributed by atoms with Crippen LogP contribution in [0.4, 0.5) is 4.79 Å². The second-order valence-corrected chi connectivity index (χ2v) is 8.88. The molecule has 2 heterocycles. The molecule has 1 amide bonds. The van der Waals surface area contributed by atoms with E-state index in [1.165, 1.54) is 6.07 Å². The number of halogens is 1. The van der Waals surface area contributed by atoms with Crippen molar-refractivity contribution in [2.45, 2.75) is 50.5 Å². The standard InChI is InChI=1S/C24H26ClN3O5/c1-26-24(30)33-17-11-16(12-17)32-22-9-14(18-6-5-15(29)10-20(18)25)8-21-19(22)13-27-28(21)23-4-2-3-7-31-23/h5-6,8-10,13,16-17,23,29H,2-4,7,11-12H2,1H3,(H,26,30). The number of carbonyl (C=O) groups excluding carboxylic acids is 1. The average Bonchev–Trinajstić information content (AvgIpc) is 3.22. The summed E-state index contributed by atoms with van der Waals surface area (Å²) in [5, 5.41) is 18.2. The molecule has 1 aliphatic carbocycles. The molecule has 2 N–H and O–H groups in total. The molecule has 1 aromatic heterocycles. The molecule has 1 atom stereocenters. The number of aromatic nitrogens is 2. The van der Waals surface area contributed by atoms with E-state index in [-0.39, 0.29) is 24.2 Å². The Balaban J connectivity index is 1.49. The van der Waals surface area contributed by atoms with Gasteiger partial charge >= 0.3 is 6.09 Å². The number of alkyl carbamates (subject to hydrolysis) is 1. The van der Waals surface area contributed by atoms with Gasteiger partial charge in [-0.15, -0.1) is 0 Å². The Hall–Kier alpha value is -2.97. The number of benzene rings is 2. The second kappa shape index (κ2) is 9.11. The summed E-state index contributed by atoms with van der Waals surface area (Å²) in [5.41, 5.74) is 2.54. The Morgan fingerprint density at radius 3 is 2.82 bits per heavy atom. The van der Waals surface area contributed by atoms with Gasteiger partial charge in [-0.25, -0.2) is 9.48 Å². The van der Waals surface area contributed by atoms with Gasteiger partial charge in [-0.3, -0.25) is 0 Å². The number of phenolic OH excluding ortho intramolecular Hbond substituents is 1. The van der Waals surface area contributed by atoms with E-state index in [4.69, 9.17) is 25.8 Å². The molecule has 1 aliphatic heterocycles. The Morgan fingerprint density at radius 1 is 1.24 bits per heavy atom. The highest BCUT2D eigenvalue weighted by Crippen LogP contribution is 2.40. The van der Waals surface area contributed by atoms with Gasteiger partial charge in [-0.1, -0.05) is 11.6 Å². The average molecular weight is 472 g/mol. The summed E-state index contributed by atoms with van der Waals surface area (Å²) in [6.45, 7) is 0.716. The molecule has 2 fully saturated rings. The molecular weight excluding hydrogens is 446 g/mol. The number of fused-ring (bicyclic) bond motifs is 1. The minimum atomic E-state index is -0.432. The van der Waals surface area contributed by atoms with Crippen LogP contribution in [0.1, 0.15) is 38.3 Å². The van der Waals surface area contributed by atoms with Gasteiger partial charge in [-0.2, -0.15) is 5.10 Å². The fourth-order valence-electron chi connectivity index (χ4n) is 4.35. The smallest absolute Gasteiger partial charge is 0.407 e. The van der Waals surface area contributed by atoms with Crippen LogP contribution >= 0.6 is 11.6 Å². The van der Waals surface area contributed by atoms with Crippen LogP contribution in [0.2, 0.25) is 5.02 Å². The van der Waals surface area contributed by atoms with E-state index < -0.39 is 6.09 Å². The normalized spacial score (nSPS) is 22.5. The van der Waals surface area contributed by atoms with Gasteiger partial charge in [0.1, 0.15) is 23.7 Å². The first-order valence-electron chi connectivity index (χ1n) is 11.2. The highest BCUT2D eigenvalue weighted by molar-refractivity contribution is 6.33. The number of rotatable bonds is 5. The van der Waals surface area contributed by atoms with Crippen molar-refractivity contribution in [1.82, 2.24) is 15.1 Å². The minimum absolute atomic E-state index is 0.0670. The maximum absolute atomic E-state index is 11.4. The minimum Gasteiger partial charge on any atom is -0.508 e. The number of hydrogen-bond acceptors (Lipinski definition) is 6. The van der Waals surface area contributed by atoms with E-state index >= 15 is 0 Å². The quantitative estimate of drug-likeness (QED) is 0.542. The molecule has 0 radical (unpaired) electrons. The summed E-state index contributed by atoms with van der Waals surface area (Å²) in [4.78, 5) is 11.4. The molecule has 5 rings (SSSR count). The van der Waals surface area contributed by atoms with Crippen LogP contribution in [0, 0.1) is 0 Å². The second-order valence-electron chi connectivity index (χ2n) is 8.47. The zero-order chi connectivity index (χ0) is 22.9. The molecule has 174 valence electrons. The zero-order valence-corrected chi connectivity index (χ0v) is 19.0. The Kier molecular flexibility index (Phi) is 6.03. The van der Waals surface area contributed by atoms with Crippen molar-refractivity contribution in [2.24, 2.45) is 0 Å². The summed E-state index contributed by atoms with van der Waals surface area (Å²) < 4.78 is 19.5. The summed E-state index contributed by atoms with van der Waals surface area (Å²) >= 11 is 6.45. The van der Waals surface area contributed by atoms with E-state index in [1.54, 1.807) is 19.2 Å². The van der Waals surface area contributed by atoms with E-state index in [9.17, 15) is 9.90 Å². The lowest BCUT2D eigenvalue weighted by molar-refractivity contribution is -0.0366. The molecule has 1 saturated heterocycles. The Bertz CT molecular complexity index is 1170. The van der Waals surface area contributed by atoms with E-state index in [1.807, 2.05) is 23.0 Å². The predicted molar refractivity (Wildman–Crippen MR) is 124 cm³/mol. The van der Waals surface area contributed by atoms with Crippen molar-refractivity contribution < 1.29 is 24.1 Å². The number of aromatic hydroxyl groups is 1. The fraction of sp³-hybridized carbons (Fsp3) is 0.417. The Labute approximate surface area is 196 Å². The van der Waals surface area contributed by atoms with Gasteiger partial charge in [0.15, 0.2) is 6.23 Å². The summed E-state index contributed by atoms with van der Waals surface area (Å²) in [7, 11) is 1.54. The third-order valence-corrected chi connectivity index (χ3v) is 6.51. The van der Waals surface area contributed by atoms with Gasteiger partial charge < -0.3 is 24.6 Å². The van der Waals surface area contributed by atoms with E-state index in [2.05, 4.69) is 10.4 Å². The van der Waals surface area contributed by atoms with Crippen molar-refractivity contribution in [2.75, 3.05) is 13.7 Å². The van der Waals surface area contributed by atoms with Crippen LogP contribution in [0.3, 0.4) is 0 Å². The van der Waals surface area contributed by atoms with Crippen LogP contribution < -0.4 is 10.1 Å². The number of nitrogens with zero attached hydrogens (tertiary/aromatic N) is 2. The number of hydrogen-bond donors (Lipinski definition) is 2. The SMILES string of the molecule is CNC(=O)OC1CC(Oc2cc(-c3ccc(O)cc3Cl)cc3c2cnn3C2CCCCO2)C1. The van der Waals surface area contributed by atoms with Crippen LogP contribution in [-0.2, 0) is 9.47 Å². The lowest BCUT2D eigenvalue weighted by Crippen LogP contribution is -2.42. The number of amides is 1. The molecule has 1 saturated carbocycles. The monoisotopic (exact) mass is 471 g/mol. The first-order chi connectivity index (χ1) is 16.0. The number of phenols is 1. The number of nitrogens with one attached hydrogen (secondary N) is 1. The van der Waals surface area contributed by atoms with Gasteiger partial charge in [0.25, 0.3) is 0 Å². The van der Waals surface area contributed by atoms with Gasteiger partial charge in [0.2, 0.25) is 0 Å². The molecule has 2 aliphatic rings. The molecule has 8 nitrogen and oxygen atoms in total. The van der Waals surface area contributed by atoms with E-state index in [0.717, 1.165) is 41.3 Å². The van der Waals surface area contributed by atoms with E-state index in [0.29, 0.717) is 30.2 Å². The van der Waals surface area contributed by atoms with Crippen molar-refractivity contribution in [3.05, 3.63) is 41.6 Å². The third-order valence-electron chi connectivity index (χ3n) is 6.19. The maximum atomic E-state index is 11.4. The van der Waals surface area contributed by atoms with Gasteiger partial charge in [-0.05, 0) is 55.2 Å². The van der Waals surface area contributed by atoms with Crippen LogP contribution in [-0.4, -0.2) is 46.8 Å². The highest BCUT2D eigenvalue weighted by atomic mass is 35.5. The lowest BCUT2D eigenvalue weighted by atomic mass is 9.92. The Morgan fingerprint density at radius 2 is 2.09 bits per heavy atom. The molecule has 0 spiro atoms. The molecule has 9 heteroatoms. The van der Waals surface area contributed by atoms with Gasteiger partial charge in [0, 0.05) is 32.1 Å². The highest BCUT2D eigenvalue weighted by Gasteiger charge is 2.34. The zero-order valence-electron chi connectivity index (χ0n) is 18.3. The number of carbonyl (C=O) groups is 1. The summed E-state index contributed by atoms with van der Waals surface area (Å²) in [5.74, 6) is 0.802. The topological polar surface area (TPSA) is 94.8 Å². The third kappa shape index (κ3) is 4.45. The molecular formula is C24H26ClN3O5. The molecule has 3 aromatic rings. The maximum Gasteiger partial charge on any atom is 0.407 e. The first kappa shape index (κ1) is 21.9. The molecule has 33 heavy (non-hydrogen) atoms. The number of ether oxygens (including phenoxy) is 3. The fourth-order valence-corrected chi connectivity index (χ4v) is 4.63.